The summed E-state index contributed by atoms with van der Waals surface area (Å²) < 4.78 is 28.6. The lowest BCUT2D eigenvalue weighted by atomic mass is 10.1. The number of alkyl halides is 2. The van der Waals surface area contributed by atoms with Gasteiger partial charge in [-0.2, -0.15) is 8.78 Å². The molecule has 0 aliphatic carbocycles. The molecule has 0 saturated heterocycles. The number of guanidine groups is 1. The molecule has 0 aromatic heterocycles. The monoisotopic (exact) mass is 386 g/mol. The van der Waals surface area contributed by atoms with Crippen molar-refractivity contribution in [2.75, 3.05) is 19.6 Å². The number of rotatable bonds is 8. The van der Waals surface area contributed by atoms with Crippen molar-refractivity contribution in [2.24, 2.45) is 4.99 Å². The van der Waals surface area contributed by atoms with E-state index in [4.69, 9.17) is 0 Å². The zero-order valence-electron chi connectivity index (χ0n) is 16.1. The highest BCUT2D eigenvalue weighted by Crippen LogP contribution is 2.18. The Morgan fingerprint density at radius 3 is 2.37 bits per heavy atom. The summed E-state index contributed by atoms with van der Waals surface area (Å²) in [6.45, 7) is 5.29. The van der Waals surface area contributed by atoms with Crippen molar-refractivity contribution in [1.29, 1.82) is 0 Å². The SMILES string of the molecule is CCNC(=NCC(=O)NC(C)(C)C)NCC(O)c1ccc(OC(F)F)cc1. The van der Waals surface area contributed by atoms with E-state index in [-0.39, 0.29) is 30.3 Å². The minimum Gasteiger partial charge on any atom is -0.435 e. The van der Waals surface area contributed by atoms with Gasteiger partial charge in [-0.05, 0) is 45.4 Å². The van der Waals surface area contributed by atoms with Crippen LogP contribution < -0.4 is 20.7 Å². The molecular weight excluding hydrogens is 358 g/mol. The Labute approximate surface area is 158 Å². The molecule has 0 aliphatic rings. The van der Waals surface area contributed by atoms with Crippen LogP contribution in [0, 0.1) is 0 Å². The fourth-order valence-corrected chi connectivity index (χ4v) is 2.13. The molecule has 1 unspecified atom stereocenters. The number of nitrogens with zero attached hydrogens (tertiary/aromatic N) is 1. The molecule has 1 aromatic rings. The lowest BCUT2D eigenvalue weighted by molar-refractivity contribution is -0.121. The molecule has 0 radical (unpaired) electrons. The molecule has 0 spiro atoms. The van der Waals surface area contributed by atoms with Crippen molar-refractivity contribution < 1.29 is 23.4 Å². The predicted molar refractivity (Wildman–Crippen MR) is 99.9 cm³/mol. The van der Waals surface area contributed by atoms with Crippen molar-refractivity contribution in [3.63, 3.8) is 0 Å². The number of carbonyl (C=O) groups excluding carboxylic acids is 1. The average Bonchev–Trinajstić information content (AvgIpc) is 2.55. The summed E-state index contributed by atoms with van der Waals surface area (Å²) in [4.78, 5) is 16.0. The largest absolute Gasteiger partial charge is 0.435 e. The van der Waals surface area contributed by atoms with Crippen LogP contribution in [0.1, 0.15) is 39.4 Å². The van der Waals surface area contributed by atoms with E-state index < -0.39 is 12.7 Å². The molecule has 0 fully saturated rings. The van der Waals surface area contributed by atoms with Gasteiger partial charge in [0.1, 0.15) is 12.3 Å². The Balaban J connectivity index is 2.59. The van der Waals surface area contributed by atoms with Crippen molar-refractivity contribution in [2.45, 2.75) is 45.9 Å². The Morgan fingerprint density at radius 1 is 1.22 bits per heavy atom. The summed E-state index contributed by atoms with van der Waals surface area (Å²) in [7, 11) is 0. The van der Waals surface area contributed by atoms with Crippen molar-refractivity contribution >= 4 is 11.9 Å². The van der Waals surface area contributed by atoms with E-state index in [9.17, 15) is 18.7 Å². The Morgan fingerprint density at radius 2 is 1.85 bits per heavy atom. The fourth-order valence-electron chi connectivity index (χ4n) is 2.13. The summed E-state index contributed by atoms with van der Waals surface area (Å²) in [5, 5.41) is 19.0. The van der Waals surface area contributed by atoms with Crippen molar-refractivity contribution in [1.82, 2.24) is 16.0 Å². The summed E-state index contributed by atoms with van der Waals surface area (Å²) in [6.07, 6.45) is -0.891. The van der Waals surface area contributed by atoms with Crippen LogP contribution >= 0.6 is 0 Å². The topological polar surface area (TPSA) is 95.0 Å². The molecule has 27 heavy (non-hydrogen) atoms. The van der Waals surface area contributed by atoms with Crippen LogP contribution in [0.3, 0.4) is 0 Å². The minimum absolute atomic E-state index is 0.0219. The number of carbonyl (C=O) groups is 1. The van der Waals surface area contributed by atoms with Crippen LogP contribution in [-0.4, -0.2) is 48.8 Å². The second-order valence-electron chi connectivity index (χ2n) is 6.84. The van der Waals surface area contributed by atoms with Gasteiger partial charge in [-0.1, -0.05) is 12.1 Å². The van der Waals surface area contributed by atoms with Gasteiger partial charge in [0, 0.05) is 18.6 Å². The fraction of sp³-hybridized carbons (Fsp3) is 0.556. The molecule has 1 aromatic carbocycles. The molecule has 0 heterocycles. The van der Waals surface area contributed by atoms with Gasteiger partial charge in [-0.3, -0.25) is 4.79 Å². The standard InChI is InChI=1S/C18H28F2N4O3/c1-5-21-17(23-11-15(26)24-18(2,3)4)22-10-14(25)12-6-8-13(9-7-12)27-16(19)20/h6-9,14,16,25H,5,10-11H2,1-4H3,(H,24,26)(H2,21,22,23). The first-order valence-corrected chi connectivity index (χ1v) is 8.66. The lowest BCUT2D eigenvalue weighted by Gasteiger charge is -2.20. The molecule has 1 amide bonds. The summed E-state index contributed by atoms with van der Waals surface area (Å²) in [6, 6.07) is 5.73. The Hall–Kier alpha value is -2.42. The van der Waals surface area contributed by atoms with E-state index in [2.05, 4.69) is 25.7 Å². The number of amides is 1. The first-order valence-electron chi connectivity index (χ1n) is 8.66. The van der Waals surface area contributed by atoms with Crippen LogP contribution in [0.5, 0.6) is 5.75 Å². The maximum absolute atomic E-state index is 12.2. The van der Waals surface area contributed by atoms with Crippen LogP contribution in [0.2, 0.25) is 0 Å². The van der Waals surface area contributed by atoms with E-state index in [1.807, 2.05) is 27.7 Å². The number of ether oxygens (including phenoxy) is 1. The molecule has 152 valence electrons. The predicted octanol–water partition coefficient (Wildman–Crippen LogP) is 1.79. The van der Waals surface area contributed by atoms with Crippen molar-refractivity contribution in [3.05, 3.63) is 29.8 Å². The Kier molecular flexibility index (Phi) is 8.93. The molecular formula is C18H28F2N4O3. The summed E-state index contributed by atoms with van der Waals surface area (Å²) in [5.41, 5.74) is 0.194. The van der Waals surface area contributed by atoms with E-state index in [0.29, 0.717) is 18.1 Å². The third-order valence-electron chi connectivity index (χ3n) is 3.19. The zero-order chi connectivity index (χ0) is 20.4. The molecule has 7 nitrogen and oxygen atoms in total. The molecule has 0 aliphatic heterocycles. The van der Waals surface area contributed by atoms with Gasteiger partial charge in [0.15, 0.2) is 5.96 Å². The van der Waals surface area contributed by atoms with E-state index in [1.54, 1.807) is 0 Å². The van der Waals surface area contributed by atoms with E-state index >= 15 is 0 Å². The van der Waals surface area contributed by atoms with E-state index in [0.717, 1.165) is 0 Å². The first-order chi connectivity index (χ1) is 12.6. The third-order valence-corrected chi connectivity index (χ3v) is 3.19. The number of aliphatic hydroxyl groups excluding tert-OH is 1. The molecule has 4 N–H and O–H groups in total. The number of hydrogen-bond donors (Lipinski definition) is 4. The molecule has 1 rings (SSSR count). The number of nitrogens with one attached hydrogen (secondary N) is 3. The first kappa shape index (κ1) is 22.6. The van der Waals surface area contributed by atoms with Gasteiger partial charge in [-0.15, -0.1) is 0 Å². The Bertz CT molecular complexity index is 616. The number of halogens is 2. The summed E-state index contributed by atoms with van der Waals surface area (Å²) in [5.74, 6) is 0.196. The lowest BCUT2D eigenvalue weighted by Crippen LogP contribution is -2.43. The van der Waals surface area contributed by atoms with Gasteiger partial charge in [-0.25, -0.2) is 4.99 Å². The quantitative estimate of drug-likeness (QED) is 0.404. The zero-order valence-corrected chi connectivity index (χ0v) is 16.1. The third kappa shape index (κ3) is 9.74. The number of hydrogen-bond acceptors (Lipinski definition) is 4. The second-order valence-corrected chi connectivity index (χ2v) is 6.84. The van der Waals surface area contributed by atoms with Crippen molar-refractivity contribution in [3.8, 4) is 5.75 Å². The average molecular weight is 386 g/mol. The molecule has 0 saturated carbocycles. The number of benzene rings is 1. The van der Waals surface area contributed by atoms with Gasteiger partial charge in [0.2, 0.25) is 5.91 Å². The normalized spacial score (nSPS) is 13.3. The van der Waals surface area contributed by atoms with Gasteiger partial charge >= 0.3 is 6.61 Å². The molecule has 1 atom stereocenters. The van der Waals surface area contributed by atoms with Gasteiger partial charge in [0.05, 0.1) is 6.10 Å². The van der Waals surface area contributed by atoms with Gasteiger partial charge < -0.3 is 25.8 Å². The molecule has 0 bridgehead atoms. The van der Waals surface area contributed by atoms with Crippen LogP contribution in [0.4, 0.5) is 8.78 Å². The second kappa shape index (κ2) is 10.7. The van der Waals surface area contributed by atoms with E-state index in [1.165, 1.54) is 24.3 Å². The molecule has 9 heteroatoms. The van der Waals surface area contributed by atoms with Gasteiger partial charge in [0.25, 0.3) is 0 Å². The highest BCUT2D eigenvalue weighted by atomic mass is 19.3. The highest BCUT2D eigenvalue weighted by molar-refractivity contribution is 5.85. The maximum Gasteiger partial charge on any atom is 0.387 e. The van der Waals surface area contributed by atoms with Crippen LogP contribution in [0.25, 0.3) is 0 Å². The highest BCUT2D eigenvalue weighted by Gasteiger charge is 2.14. The number of aliphatic imine (C=N–C) groups is 1. The summed E-state index contributed by atoms with van der Waals surface area (Å²) >= 11 is 0. The van der Waals surface area contributed by atoms with Crippen LogP contribution in [0.15, 0.2) is 29.3 Å². The smallest absolute Gasteiger partial charge is 0.387 e. The minimum atomic E-state index is -2.89. The maximum atomic E-state index is 12.2. The van der Waals surface area contributed by atoms with Crippen LogP contribution in [-0.2, 0) is 4.79 Å². The number of aliphatic hydroxyl groups is 1.